The van der Waals surface area contributed by atoms with Crippen molar-refractivity contribution in [3.8, 4) is 11.8 Å². The molecule has 0 aliphatic carbocycles. The van der Waals surface area contributed by atoms with Crippen molar-refractivity contribution in [1.82, 2.24) is 20.1 Å². The van der Waals surface area contributed by atoms with Gasteiger partial charge in [-0.05, 0) is 54.9 Å². The van der Waals surface area contributed by atoms with Crippen molar-refractivity contribution >= 4 is 5.91 Å². The van der Waals surface area contributed by atoms with E-state index in [2.05, 4.69) is 39.4 Å². The smallest absolute Gasteiger partial charge is 0.233 e. The summed E-state index contributed by atoms with van der Waals surface area (Å²) in [7, 11) is 1.59. The van der Waals surface area contributed by atoms with E-state index in [4.69, 9.17) is 9.47 Å². The first-order valence-corrected chi connectivity index (χ1v) is 11.4. The first-order valence-electron chi connectivity index (χ1n) is 11.4. The number of carbonyl (C=O) groups excluding carboxylic acids is 1. The SMILES string of the molecule is COc1ccc(COc2ccc(CCc3ccc(C4CCN(C(C)=O)CC4)cc3)nn2)cn1. The van der Waals surface area contributed by atoms with Gasteiger partial charge in [-0.3, -0.25) is 4.79 Å². The van der Waals surface area contributed by atoms with E-state index in [1.54, 1.807) is 26.3 Å². The van der Waals surface area contributed by atoms with E-state index in [-0.39, 0.29) is 5.91 Å². The Balaban J connectivity index is 1.23. The lowest BCUT2D eigenvalue weighted by Crippen LogP contribution is -2.36. The Bertz CT molecular complexity index is 1030. The fourth-order valence-electron chi connectivity index (χ4n) is 4.09. The lowest BCUT2D eigenvalue weighted by molar-refractivity contribution is -0.129. The summed E-state index contributed by atoms with van der Waals surface area (Å²) in [5.41, 5.74) is 4.54. The highest BCUT2D eigenvalue weighted by molar-refractivity contribution is 5.73. The molecule has 3 aromatic rings. The van der Waals surface area contributed by atoms with Crippen LogP contribution in [0.25, 0.3) is 0 Å². The summed E-state index contributed by atoms with van der Waals surface area (Å²) in [5, 5.41) is 8.49. The molecule has 1 fully saturated rings. The van der Waals surface area contributed by atoms with Crippen LogP contribution in [0.4, 0.5) is 0 Å². The van der Waals surface area contributed by atoms with Crippen LogP contribution in [0.15, 0.2) is 54.7 Å². The number of ether oxygens (including phenoxy) is 2. The van der Waals surface area contributed by atoms with Gasteiger partial charge in [0.05, 0.1) is 12.8 Å². The van der Waals surface area contributed by atoms with Crippen molar-refractivity contribution in [2.45, 2.75) is 45.1 Å². The lowest BCUT2D eigenvalue weighted by Gasteiger charge is -2.31. The molecule has 0 unspecified atom stereocenters. The highest BCUT2D eigenvalue weighted by Gasteiger charge is 2.21. The van der Waals surface area contributed by atoms with Crippen LogP contribution < -0.4 is 9.47 Å². The molecule has 0 radical (unpaired) electrons. The standard InChI is InChI=1S/C26H30N4O3/c1-19(31)30-15-13-23(14-16-30)22-7-3-20(4-8-22)5-9-24-10-12-26(29-28-24)33-18-21-6-11-25(32-2)27-17-21/h3-4,6-8,10-12,17,23H,5,9,13-16,18H2,1-2H3. The van der Waals surface area contributed by atoms with Crippen LogP contribution in [0, 0.1) is 0 Å². The van der Waals surface area contributed by atoms with Crippen molar-refractivity contribution in [2.75, 3.05) is 20.2 Å². The highest BCUT2D eigenvalue weighted by Crippen LogP contribution is 2.28. The fourth-order valence-corrected chi connectivity index (χ4v) is 4.09. The summed E-state index contributed by atoms with van der Waals surface area (Å²) >= 11 is 0. The number of hydrogen-bond donors (Lipinski definition) is 0. The molecule has 0 bridgehead atoms. The molecular weight excluding hydrogens is 416 g/mol. The Hall–Kier alpha value is -3.48. The van der Waals surface area contributed by atoms with Gasteiger partial charge in [0.15, 0.2) is 0 Å². The number of nitrogens with zero attached hydrogens (tertiary/aromatic N) is 4. The molecule has 0 saturated carbocycles. The quantitative estimate of drug-likeness (QED) is 0.521. The Morgan fingerprint density at radius 2 is 1.67 bits per heavy atom. The van der Waals surface area contributed by atoms with Gasteiger partial charge in [-0.25, -0.2) is 4.98 Å². The van der Waals surface area contributed by atoms with Crippen LogP contribution in [0.1, 0.15) is 48.1 Å². The number of likely N-dealkylation sites (tertiary alicyclic amines) is 1. The number of hydrogen-bond acceptors (Lipinski definition) is 6. The number of amides is 1. The van der Waals surface area contributed by atoms with Gasteiger partial charge in [0.25, 0.3) is 0 Å². The number of benzene rings is 1. The molecule has 3 heterocycles. The molecule has 1 aliphatic heterocycles. The minimum absolute atomic E-state index is 0.182. The molecule has 2 aromatic heterocycles. The zero-order chi connectivity index (χ0) is 23.0. The van der Waals surface area contributed by atoms with Crippen LogP contribution in [0.2, 0.25) is 0 Å². The molecule has 0 atom stereocenters. The largest absolute Gasteiger partial charge is 0.481 e. The summed E-state index contributed by atoms with van der Waals surface area (Å²) in [4.78, 5) is 17.6. The maximum absolute atomic E-state index is 11.5. The summed E-state index contributed by atoms with van der Waals surface area (Å²) in [5.74, 6) is 1.80. The topological polar surface area (TPSA) is 77.4 Å². The fraction of sp³-hybridized carbons (Fsp3) is 0.385. The van der Waals surface area contributed by atoms with Crippen molar-refractivity contribution in [2.24, 2.45) is 0 Å². The third-order valence-corrected chi connectivity index (χ3v) is 6.15. The maximum Gasteiger partial charge on any atom is 0.233 e. The van der Waals surface area contributed by atoms with E-state index in [0.29, 0.717) is 24.3 Å². The lowest BCUT2D eigenvalue weighted by atomic mass is 9.88. The molecule has 0 spiro atoms. The summed E-state index contributed by atoms with van der Waals surface area (Å²) in [6.07, 6.45) is 5.54. The second-order valence-corrected chi connectivity index (χ2v) is 8.38. The Morgan fingerprint density at radius 3 is 2.27 bits per heavy atom. The van der Waals surface area contributed by atoms with E-state index >= 15 is 0 Å². The van der Waals surface area contributed by atoms with Crippen LogP contribution >= 0.6 is 0 Å². The third kappa shape index (κ3) is 6.28. The monoisotopic (exact) mass is 446 g/mol. The minimum Gasteiger partial charge on any atom is -0.481 e. The van der Waals surface area contributed by atoms with Gasteiger partial charge in [-0.1, -0.05) is 24.3 Å². The van der Waals surface area contributed by atoms with Crippen molar-refractivity contribution in [3.05, 3.63) is 77.1 Å². The normalized spacial score (nSPS) is 14.2. The highest BCUT2D eigenvalue weighted by atomic mass is 16.5. The second kappa shape index (κ2) is 10.9. The second-order valence-electron chi connectivity index (χ2n) is 8.38. The first kappa shape index (κ1) is 22.7. The van der Waals surface area contributed by atoms with Gasteiger partial charge in [0, 0.05) is 43.9 Å². The van der Waals surface area contributed by atoms with Crippen LogP contribution in [-0.4, -0.2) is 46.2 Å². The van der Waals surface area contributed by atoms with Crippen LogP contribution in [0.3, 0.4) is 0 Å². The number of aryl methyl sites for hydroxylation is 2. The van der Waals surface area contributed by atoms with E-state index in [1.165, 1.54) is 11.1 Å². The molecule has 1 saturated heterocycles. The van der Waals surface area contributed by atoms with Crippen LogP contribution in [-0.2, 0) is 24.2 Å². The summed E-state index contributed by atoms with van der Waals surface area (Å²) in [6, 6.07) is 16.4. The number of methoxy groups -OCH3 is 1. The molecule has 4 rings (SSSR count). The Morgan fingerprint density at radius 1 is 0.939 bits per heavy atom. The van der Waals surface area contributed by atoms with Gasteiger partial charge in [0.2, 0.25) is 17.7 Å². The zero-order valence-electron chi connectivity index (χ0n) is 19.2. The van der Waals surface area contributed by atoms with Crippen molar-refractivity contribution < 1.29 is 14.3 Å². The number of carbonyl (C=O) groups is 1. The molecule has 0 N–H and O–H groups in total. The summed E-state index contributed by atoms with van der Waals surface area (Å²) in [6.45, 7) is 3.75. The Labute approximate surface area is 194 Å². The van der Waals surface area contributed by atoms with Crippen molar-refractivity contribution in [1.29, 1.82) is 0 Å². The predicted octanol–water partition coefficient (Wildman–Crippen LogP) is 3.97. The minimum atomic E-state index is 0.182. The Kier molecular flexibility index (Phi) is 7.50. The van der Waals surface area contributed by atoms with Gasteiger partial charge in [-0.2, -0.15) is 5.10 Å². The predicted molar refractivity (Wildman–Crippen MR) is 125 cm³/mol. The molecule has 1 amide bonds. The molecule has 33 heavy (non-hydrogen) atoms. The number of rotatable bonds is 8. The average Bonchev–Trinajstić information content (AvgIpc) is 2.87. The molecule has 172 valence electrons. The van der Waals surface area contributed by atoms with Gasteiger partial charge < -0.3 is 14.4 Å². The van der Waals surface area contributed by atoms with Gasteiger partial charge in [-0.15, -0.1) is 5.10 Å². The molecule has 7 heteroatoms. The van der Waals surface area contributed by atoms with E-state index < -0.39 is 0 Å². The molecule has 1 aromatic carbocycles. The number of pyridine rings is 1. The average molecular weight is 447 g/mol. The molecular formula is C26H30N4O3. The van der Waals surface area contributed by atoms with E-state index in [9.17, 15) is 4.79 Å². The van der Waals surface area contributed by atoms with Gasteiger partial charge in [0.1, 0.15) is 6.61 Å². The summed E-state index contributed by atoms with van der Waals surface area (Å²) < 4.78 is 10.8. The maximum atomic E-state index is 11.5. The number of aromatic nitrogens is 3. The number of piperidine rings is 1. The molecule has 7 nitrogen and oxygen atoms in total. The van der Waals surface area contributed by atoms with Gasteiger partial charge >= 0.3 is 0 Å². The van der Waals surface area contributed by atoms with Crippen LogP contribution in [0.5, 0.6) is 11.8 Å². The van der Waals surface area contributed by atoms with E-state index in [1.807, 2.05) is 23.1 Å². The molecule has 1 aliphatic rings. The van der Waals surface area contributed by atoms with Crippen molar-refractivity contribution in [3.63, 3.8) is 0 Å². The van der Waals surface area contributed by atoms with E-state index in [0.717, 1.165) is 50.0 Å². The first-order chi connectivity index (χ1) is 16.1. The zero-order valence-corrected chi connectivity index (χ0v) is 19.2. The third-order valence-electron chi connectivity index (χ3n) is 6.15.